The minimum atomic E-state index is 0.139. The topological polar surface area (TPSA) is 62.1 Å². The van der Waals surface area contributed by atoms with Crippen LogP contribution in [0.2, 0.25) is 0 Å². The van der Waals surface area contributed by atoms with Crippen molar-refractivity contribution in [2.75, 3.05) is 37.4 Å². The largest absolute Gasteiger partial charge is 0.370 e. The predicted octanol–water partition coefficient (Wildman–Crippen LogP) is 3.37. The van der Waals surface area contributed by atoms with Gasteiger partial charge in [0.2, 0.25) is 0 Å². The first kappa shape index (κ1) is 19.4. The van der Waals surface area contributed by atoms with Crippen LogP contribution < -0.4 is 10.2 Å². The number of rotatable bonds is 6. The first-order chi connectivity index (χ1) is 14.1. The highest BCUT2D eigenvalue weighted by Gasteiger charge is 2.21. The Morgan fingerprint density at radius 1 is 1.03 bits per heavy atom. The van der Waals surface area contributed by atoms with Crippen LogP contribution in [-0.4, -0.2) is 57.9 Å². The number of aromatic nitrogens is 4. The van der Waals surface area contributed by atoms with E-state index in [2.05, 4.69) is 81.6 Å². The van der Waals surface area contributed by atoms with E-state index < -0.39 is 0 Å². The summed E-state index contributed by atoms with van der Waals surface area (Å²) < 4.78 is 1.91. The van der Waals surface area contributed by atoms with Gasteiger partial charge in [-0.15, -0.1) is 10.2 Å². The maximum atomic E-state index is 4.66. The molecule has 0 amide bonds. The van der Waals surface area contributed by atoms with Crippen LogP contribution in [0.4, 0.5) is 11.5 Å². The summed E-state index contributed by atoms with van der Waals surface area (Å²) in [6.45, 7) is 4.32. The maximum Gasteiger partial charge on any atom is 0.126 e. The van der Waals surface area contributed by atoms with Crippen LogP contribution in [0.25, 0.3) is 5.69 Å². The number of hydrogen-bond donors (Lipinski definition) is 1. The monoisotopic (exact) mass is 391 g/mol. The summed E-state index contributed by atoms with van der Waals surface area (Å²) >= 11 is 0. The second-order valence-corrected chi connectivity index (χ2v) is 7.91. The second-order valence-electron chi connectivity index (χ2n) is 7.91. The number of benzene rings is 1. The molecule has 3 heterocycles. The number of nitrogens with one attached hydrogen (secondary N) is 1. The van der Waals surface area contributed by atoms with Gasteiger partial charge in [0.05, 0.1) is 17.9 Å². The molecular formula is C22H29N7. The average Bonchev–Trinajstić information content (AvgIpc) is 3.29. The zero-order valence-corrected chi connectivity index (χ0v) is 17.4. The molecule has 0 saturated carbocycles. The molecule has 0 aliphatic carbocycles. The third-order valence-corrected chi connectivity index (χ3v) is 5.76. The summed E-state index contributed by atoms with van der Waals surface area (Å²) in [4.78, 5) is 9.43. The van der Waals surface area contributed by atoms with Crippen molar-refractivity contribution in [1.29, 1.82) is 0 Å². The van der Waals surface area contributed by atoms with Gasteiger partial charge >= 0.3 is 0 Å². The average molecular weight is 392 g/mol. The summed E-state index contributed by atoms with van der Waals surface area (Å²) in [5.74, 6) is 0.888. The minimum absolute atomic E-state index is 0.139. The highest BCUT2D eigenvalue weighted by Crippen LogP contribution is 2.24. The van der Waals surface area contributed by atoms with Crippen LogP contribution in [0.5, 0.6) is 0 Å². The van der Waals surface area contributed by atoms with Gasteiger partial charge in [0.25, 0.3) is 0 Å². The standard InChI is InChI=1S/C22H29N7/c1-17(18-5-4-6-20(13-18)29-15-24-25-16-29)26-22-8-7-21(14-23-22)28-11-9-19(10-12-28)27(2)3/h4-8,13-17,19H,9-12H2,1-3H3,(H,23,26). The Morgan fingerprint density at radius 2 is 1.79 bits per heavy atom. The zero-order valence-electron chi connectivity index (χ0n) is 17.4. The van der Waals surface area contributed by atoms with E-state index in [-0.39, 0.29) is 6.04 Å². The Labute approximate surface area is 172 Å². The van der Waals surface area contributed by atoms with Crippen molar-refractivity contribution < 1.29 is 0 Å². The molecule has 3 aromatic rings. The number of hydrogen-bond acceptors (Lipinski definition) is 6. The molecule has 1 fully saturated rings. The molecule has 1 aliphatic rings. The van der Waals surface area contributed by atoms with Gasteiger partial charge in [-0.3, -0.25) is 4.57 Å². The normalized spacial score (nSPS) is 16.2. The fourth-order valence-corrected chi connectivity index (χ4v) is 3.89. The quantitative estimate of drug-likeness (QED) is 0.695. The lowest BCUT2D eigenvalue weighted by Crippen LogP contribution is -2.42. The molecule has 0 bridgehead atoms. The van der Waals surface area contributed by atoms with E-state index in [0.717, 1.165) is 24.6 Å². The Morgan fingerprint density at radius 3 is 2.45 bits per heavy atom. The highest BCUT2D eigenvalue weighted by atomic mass is 15.2. The van der Waals surface area contributed by atoms with Gasteiger partial charge in [0.15, 0.2) is 0 Å². The molecule has 152 valence electrons. The Bertz CT molecular complexity index is 897. The smallest absolute Gasteiger partial charge is 0.126 e. The lowest BCUT2D eigenvalue weighted by Gasteiger charge is -2.36. The molecule has 1 saturated heterocycles. The molecule has 1 aromatic carbocycles. The summed E-state index contributed by atoms with van der Waals surface area (Å²) in [6.07, 6.45) is 7.80. The van der Waals surface area contributed by atoms with E-state index in [1.807, 2.05) is 16.8 Å². The van der Waals surface area contributed by atoms with Gasteiger partial charge in [-0.05, 0) is 63.7 Å². The van der Waals surface area contributed by atoms with Gasteiger partial charge in [-0.2, -0.15) is 0 Å². The number of anilines is 2. The molecule has 1 N–H and O–H groups in total. The molecule has 1 atom stereocenters. The first-order valence-corrected chi connectivity index (χ1v) is 10.2. The lowest BCUT2D eigenvalue weighted by molar-refractivity contribution is 0.249. The van der Waals surface area contributed by atoms with Gasteiger partial charge < -0.3 is 15.1 Å². The maximum absolute atomic E-state index is 4.66. The molecule has 7 nitrogen and oxygen atoms in total. The minimum Gasteiger partial charge on any atom is -0.370 e. The van der Waals surface area contributed by atoms with Gasteiger partial charge in [0, 0.05) is 24.8 Å². The van der Waals surface area contributed by atoms with Crippen LogP contribution in [-0.2, 0) is 0 Å². The van der Waals surface area contributed by atoms with Crippen LogP contribution in [0.1, 0.15) is 31.4 Å². The SMILES string of the molecule is CC(Nc1ccc(N2CCC(N(C)C)CC2)cn1)c1cccc(-n2cnnc2)c1. The molecule has 4 rings (SSSR count). The van der Waals surface area contributed by atoms with Crippen molar-refractivity contribution in [1.82, 2.24) is 24.6 Å². The van der Waals surface area contributed by atoms with Gasteiger partial charge in [-0.25, -0.2) is 4.98 Å². The Hall–Kier alpha value is -2.93. The van der Waals surface area contributed by atoms with E-state index in [9.17, 15) is 0 Å². The predicted molar refractivity (Wildman–Crippen MR) is 117 cm³/mol. The highest BCUT2D eigenvalue weighted by molar-refractivity contribution is 5.51. The van der Waals surface area contributed by atoms with Crippen LogP contribution in [0.15, 0.2) is 55.2 Å². The molecule has 29 heavy (non-hydrogen) atoms. The second kappa shape index (κ2) is 8.61. The van der Waals surface area contributed by atoms with E-state index in [4.69, 9.17) is 0 Å². The van der Waals surface area contributed by atoms with E-state index in [1.165, 1.54) is 24.1 Å². The van der Waals surface area contributed by atoms with Crippen molar-refractivity contribution in [3.05, 3.63) is 60.8 Å². The number of pyridine rings is 1. The van der Waals surface area contributed by atoms with Crippen molar-refractivity contribution in [2.24, 2.45) is 0 Å². The molecule has 2 aromatic heterocycles. The molecule has 1 unspecified atom stereocenters. The van der Waals surface area contributed by atoms with Crippen molar-refractivity contribution >= 4 is 11.5 Å². The molecule has 0 spiro atoms. The molecule has 1 aliphatic heterocycles. The van der Waals surface area contributed by atoms with E-state index in [0.29, 0.717) is 6.04 Å². The van der Waals surface area contributed by atoms with Crippen LogP contribution in [0, 0.1) is 0 Å². The fraction of sp³-hybridized carbons (Fsp3) is 0.409. The summed E-state index contributed by atoms with van der Waals surface area (Å²) in [5.41, 5.74) is 3.44. The number of piperidine rings is 1. The van der Waals surface area contributed by atoms with Crippen molar-refractivity contribution in [2.45, 2.75) is 31.8 Å². The van der Waals surface area contributed by atoms with Gasteiger partial charge in [0.1, 0.15) is 18.5 Å². The van der Waals surface area contributed by atoms with Crippen LogP contribution >= 0.6 is 0 Å². The van der Waals surface area contributed by atoms with Gasteiger partial charge in [-0.1, -0.05) is 12.1 Å². The van der Waals surface area contributed by atoms with E-state index in [1.54, 1.807) is 12.7 Å². The molecular weight excluding hydrogens is 362 g/mol. The summed E-state index contributed by atoms with van der Waals surface area (Å²) in [5, 5.41) is 11.3. The first-order valence-electron chi connectivity index (χ1n) is 10.2. The number of nitrogens with zero attached hydrogens (tertiary/aromatic N) is 6. The van der Waals surface area contributed by atoms with E-state index >= 15 is 0 Å². The Balaban J connectivity index is 1.38. The third kappa shape index (κ3) is 4.56. The zero-order chi connectivity index (χ0) is 20.2. The summed E-state index contributed by atoms with van der Waals surface area (Å²) in [6, 6.07) is 13.4. The fourth-order valence-electron chi connectivity index (χ4n) is 3.89. The molecule has 0 radical (unpaired) electrons. The third-order valence-electron chi connectivity index (χ3n) is 5.76. The van der Waals surface area contributed by atoms with Crippen molar-refractivity contribution in [3.8, 4) is 5.69 Å². The summed E-state index contributed by atoms with van der Waals surface area (Å²) in [7, 11) is 4.34. The Kier molecular flexibility index (Phi) is 5.76. The van der Waals surface area contributed by atoms with Crippen molar-refractivity contribution in [3.63, 3.8) is 0 Å². The lowest BCUT2D eigenvalue weighted by atomic mass is 10.0. The van der Waals surface area contributed by atoms with Crippen LogP contribution in [0.3, 0.4) is 0 Å². The molecule has 7 heteroatoms.